The third-order valence-corrected chi connectivity index (χ3v) is 4.66. The van der Waals surface area contributed by atoms with E-state index in [4.69, 9.17) is 17.3 Å². The second kappa shape index (κ2) is 7.67. The normalized spacial score (nSPS) is 11.3. The number of nitrogens with one attached hydrogen (secondary N) is 1. The van der Waals surface area contributed by atoms with E-state index < -0.39 is 0 Å². The number of rotatable bonds is 5. The minimum absolute atomic E-state index is 0.339. The van der Waals surface area contributed by atoms with Crippen LogP contribution in [-0.4, -0.2) is 26.3 Å². The van der Waals surface area contributed by atoms with E-state index in [-0.39, 0.29) is 5.82 Å². The van der Waals surface area contributed by atoms with Crippen LogP contribution >= 0.6 is 11.6 Å². The Labute approximate surface area is 172 Å². The van der Waals surface area contributed by atoms with Gasteiger partial charge in [-0.15, -0.1) is 5.10 Å². The molecule has 0 fully saturated rings. The van der Waals surface area contributed by atoms with Gasteiger partial charge in [0.2, 0.25) is 5.95 Å². The minimum Gasteiger partial charge on any atom is -0.383 e. The first-order chi connectivity index (χ1) is 13.9. The van der Waals surface area contributed by atoms with Gasteiger partial charge < -0.3 is 11.1 Å². The van der Waals surface area contributed by atoms with Gasteiger partial charge in [-0.25, -0.2) is 14.1 Å². The van der Waals surface area contributed by atoms with E-state index in [1.165, 1.54) is 16.8 Å². The van der Waals surface area contributed by atoms with E-state index in [2.05, 4.69) is 34.2 Å². The highest BCUT2D eigenvalue weighted by atomic mass is 35.5. The van der Waals surface area contributed by atoms with Gasteiger partial charge in [-0.05, 0) is 36.2 Å². The van der Waals surface area contributed by atoms with Gasteiger partial charge in [0.25, 0.3) is 0 Å². The van der Waals surface area contributed by atoms with Gasteiger partial charge in [0.15, 0.2) is 5.65 Å². The van der Waals surface area contributed by atoms with Crippen LogP contribution in [0.4, 0.5) is 16.2 Å². The summed E-state index contributed by atoms with van der Waals surface area (Å²) in [5.74, 6) is 0.846. The maximum Gasteiger partial charge on any atom is 0.225 e. The molecule has 0 radical (unpaired) electrons. The summed E-state index contributed by atoms with van der Waals surface area (Å²) in [6, 6.07) is 13.4. The SMILES string of the molecule is CC(C)CNc1nc(-c2ccc(Cl)cc2)c2c(N)n(-c3cccc(F)c3)nc2n1. The maximum absolute atomic E-state index is 13.7. The largest absolute Gasteiger partial charge is 0.383 e. The smallest absolute Gasteiger partial charge is 0.225 e. The lowest BCUT2D eigenvalue weighted by Gasteiger charge is -2.10. The van der Waals surface area contributed by atoms with Crippen LogP contribution in [-0.2, 0) is 0 Å². The molecule has 0 saturated carbocycles. The van der Waals surface area contributed by atoms with Gasteiger partial charge in [-0.2, -0.15) is 4.98 Å². The number of halogens is 2. The van der Waals surface area contributed by atoms with E-state index in [0.29, 0.717) is 51.7 Å². The summed E-state index contributed by atoms with van der Waals surface area (Å²) in [5.41, 5.74) is 8.83. The van der Waals surface area contributed by atoms with Crippen LogP contribution in [0.2, 0.25) is 5.02 Å². The highest BCUT2D eigenvalue weighted by molar-refractivity contribution is 6.30. The van der Waals surface area contributed by atoms with Crippen molar-refractivity contribution in [3.63, 3.8) is 0 Å². The summed E-state index contributed by atoms with van der Waals surface area (Å²) in [6.07, 6.45) is 0. The van der Waals surface area contributed by atoms with Gasteiger partial charge in [0.05, 0.1) is 16.8 Å². The zero-order valence-electron chi connectivity index (χ0n) is 16.0. The molecule has 4 aromatic rings. The standard InChI is InChI=1S/C21H20ClFN6/c1-12(2)11-25-21-26-18(13-6-8-14(22)9-7-13)17-19(24)29(28-20(17)27-21)16-5-3-4-15(23)10-16/h3-10,12H,11,24H2,1-2H3,(H,25,27,28). The molecule has 0 aliphatic heterocycles. The average molecular weight is 411 g/mol. The molecule has 0 amide bonds. The predicted octanol–water partition coefficient (Wildman–Crippen LogP) is 4.93. The monoisotopic (exact) mass is 410 g/mol. The summed E-state index contributed by atoms with van der Waals surface area (Å²) >= 11 is 6.04. The summed E-state index contributed by atoms with van der Waals surface area (Å²) in [4.78, 5) is 9.21. The molecular weight excluding hydrogens is 391 g/mol. The molecule has 0 unspecified atom stereocenters. The fraction of sp³-hybridized carbons (Fsp3) is 0.190. The van der Waals surface area contributed by atoms with Crippen LogP contribution in [0, 0.1) is 11.7 Å². The van der Waals surface area contributed by atoms with Gasteiger partial charge in [-0.3, -0.25) is 0 Å². The quantitative estimate of drug-likeness (QED) is 0.487. The molecule has 0 atom stereocenters. The van der Waals surface area contributed by atoms with Crippen LogP contribution in [0.3, 0.4) is 0 Å². The number of nitrogens with zero attached hydrogens (tertiary/aromatic N) is 4. The molecule has 148 valence electrons. The zero-order valence-corrected chi connectivity index (χ0v) is 16.8. The Bertz CT molecular complexity index is 1170. The Morgan fingerprint density at radius 1 is 1.14 bits per heavy atom. The third kappa shape index (κ3) is 3.86. The van der Waals surface area contributed by atoms with Crippen molar-refractivity contribution in [2.75, 3.05) is 17.6 Å². The molecule has 2 heterocycles. The van der Waals surface area contributed by atoms with Crippen molar-refractivity contribution in [2.45, 2.75) is 13.8 Å². The third-order valence-electron chi connectivity index (χ3n) is 4.41. The first-order valence-corrected chi connectivity index (χ1v) is 9.62. The zero-order chi connectivity index (χ0) is 20.5. The van der Waals surface area contributed by atoms with Crippen molar-refractivity contribution in [1.82, 2.24) is 19.7 Å². The number of nitrogens with two attached hydrogens (primary N) is 1. The lowest BCUT2D eigenvalue weighted by atomic mass is 10.1. The first kappa shape index (κ1) is 19.1. The second-order valence-corrected chi connectivity index (χ2v) is 7.59. The van der Waals surface area contributed by atoms with E-state index in [9.17, 15) is 4.39 Å². The van der Waals surface area contributed by atoms with Crippen LogP contribution in [0.5, 0.6) is 0 Å². The van der Waals surface area contributed by atoms with E-state index in [0.717, 1.165) is 5.56 Å². The lowest BCUT2D eigenvalue weighted by Crippen LogP contribution is -2.11. The Morgan fingerprint density at radius 3 is 2.59 bits per heavy atom. The molecule has 2 aromatic heterocycles. The van der Waals surface area contributed by atoms with Crippen LogP contribution < -0.4 is 11.1 Å². The van der Waals surface area contributed by atoms with Crippen molar-refractivity contribution in [1.29, 1.82) is 0 Å². The second-order valence-electron chi connectivity index (χ2n) is 7.15. The van der Waals surface area contributed by atoms with Crippen LogP contribution in [0.1, 0.15) is 13.8 Å². The number of anilines is 2. The number of nitrogen functional groups attached to an aromatic ring is 1. The Kier molecular flexibility index (Phi) is 5.07. The summed E-state index contributed by atoms with van der Waals surface area (Å²) < 4.78 is 15.2. The topological polar surface area (TPSA) is 81.6 Å². The van der Waals surface area contributed by atoms with E-state index >= 15 is 0 Å². The van der Waals surface area contributed by atoms with Gasteiger partial charge in [0.1, 0.15) is 11.6 Å². The molecule has 0 aliphatic carbocycles. The van der Waals surface area contributed by atoms with E-state index in [1.54, 1.807) is 24.3 Å². The van der Waals surface area contributed by atoms with Gasteiger partial charge >= 0.3 is 0 Å². The van der Waals surface area contributed by atoms with Crippen molar-refractivity contribution in [3.05, 3.63) is 59.4 Å². The molecular formula is C21H20ClFN6. The van der Waals surface area contributed by atoms with Crippen molar-refractivity contribution in [3.8, 4) is 16.9 Å². The molecule has 8 heteroatoms. The average Bonchev–Trinajstić information content (AvgIpc) is 3.03. The molecule has 4 rings (SSSR count). The molecule has 29 heavy (non-hydrogen) atoms. The Balaban J connectivity index is 1.93. The summed E-state index contributed by atoms with van der Waals surface area (Å²) in [6.45, 7) is 4.91. The molecule has 0 aliphatic rings. The lowest BCUT2D eigenvalue weighted by molar-refractivity contribution is 0.625. The first-order valence-electron chi connectivity index (χ1n) is 9.24. The number of fused-ring (bicyclic) bond motifs is 1. The molecule has 2 aromatic carbocycles. The Morgan fingerprint density at radius 2 is 1.90 bits per heavy atom. The molecule has 6 nitrogen and oxygen atoms in total. The van der Waals surface area contributed by atoms with Crippen LogP contribution in [0.15, 0.2) is 48.5 Å². The van der Waals surface area contributed by atoms with Crippen molar-refractivity contribution < 1.29 is 4.39 Å². The number of benzene rings is 2. The van der Waals surface area contributed by atoms with Crippen molar-refractivity contribution in [2.24, 2.45) is 5.92 Å². The van der Waals surface area contributed by atoms with Crippen LogP contribution in [0.25, 0.3) is 28.0 Å². The number of hydrogen-bond acceptors (Lipinski definition) is 5. The summed E-state index contributed by atoms with van der Waals surface area (Å²) in [7, 11) is 0. The summed E-state index contributed by atoms with van der Waals surface area (Å²) in [5, 5.41) is 8.99. The van der Waals surface area contributed by atoms with Gasteiger partial charge in [-0.1, -0.05) is 43.6 Å². The highest BCUT2D eigenvalue weighted by Gasteiger charge is 2.19. The molecule has 3 N–H and O–H groups in total. The Hall–Kier alpha value is -3.19. The number of hydrogen-bond donors (Lipinski definition) is 2. The number of aromatic nitrogens is 4. The molecule has 0 spiro atoms. The minimum atomic E-state index is -0.371. The molecule has 0 saturated heterocycles. The molecule has 0 bridgehead atoms. The highest BCUT2D eigenvalue weighted by Crippen LogP contribution is 2.33. The predicted molar refractivity (Wildman–Crippen MR) is 115 cm³/mol. The maximum atomic E-state index is 13.7. The van der Waals surface area contributed by atoms with Crippen molar-refractivity contribution >= 4 is 34.4 Å². The fourth-order valence-electron chi connectivity index (χ4n) is 3.01. The fourth-order valence-corrected chi connectivity index (χ4v) is 3.13. The van der Waals surface area contributed by atoms with Gasteiger partial charge in [0, 0.05) is 17.1 Å². The van der Waals surface area contributed by atoms with E-state index in [1.807, 2.05) is 12.1 Å².